The van der Waals surface area contributed by atoms with Crippen molar-refractivity contribution in [2.75, 3.05) is 7.11 Å². The fraction of sp³-hybridized carbons (Fsp3) is 0.222. The van der Waals surface area contributed by atoms with Crippen LogP contribution in [0.3, 0.4) is 0 Å². The van der Waals surface area contributed by atoms with Crippen molar-refractivity contribution in [3.63, 3.8) is 0 Å². The molecule has 0 fully saturated rings. The van der Waals surface area contributed by atoms with Gasteiger partial charge in [0.05, 0.1) is 13.5 Å². The molecule has 2 aromatic rings. The molecule has 7 heteroatoms. The molecule has 1 atom stereocenters. The van der Waals surface area contributed by atoms with Gasteiger partial charge in [0, 0.05) is 10.9 Å². The Kier molecular flexibility index (Phi) is 6.64. The van der Waals surface area contributed by atoms with E-state index >= 15 is 0 Å². The zero-order valence-electron chi connectivity index (χ0n) is 13.4. The maximum Gasteiger partial charge on any atom is 0.328 e. The summed E-state index contributed by atoms with van der Waals surface area (Å²) in [6.45, 7) is 0. The molecule has 4 nitrogen and oxygen atoms in total. The third kappa shape index (κ3) is 5.63. The fourth-order valence-corrected chi connectivity index (χ4v) is 2.54. The number of carbonyl (C=O) groups excluding carboxylic acids is 2. The van der Waals surface area contributed by atoms with Crippen molar-refractivity contribution in [1.82, 2.24) is 5.32 Å². The van der Waals surface area contributed by atoms with Crippen LogP contribution in [0.1, 0.15) is 11.1 Å². The number of nitrogens with one attached hydrogen (secondary N) is 1. The van der Waals surface area contributed by atoms with Gasteiger partial charge < -0.3 is 10.1 Å². The third-order valence-electron chi connectivity index (χ3n) is 3.52. The van der Waals surface area contributed by atoms with E-state index in [1.54, 1.807) is 0 Å². The lowest BCUT2D eigenvalue weighted by atomic mass is 10.1. The number of methoxy groups -OCH3 is 1. The number of esters is 1. The minimum atomic E-state index is -1.02. The highest BCUT2D eigenvalue weighted by Gasteiger charge is 2.22. The Hall–Kier alpha value is -2.28. The quantitative estimate of drug-likeness (QED) is 0.742. The van der Waals surface area contributed by atoms with Crippen molar-refractivity contribution in [2.24, 2.45) is 0 Å². The highest BCUT2D eigenvalue weighted by atomic mass is 79.9. The normalized spacial score (nSPS) is 11.7. The second-order valence-corrected chi connectivity index (χ2v) is 6.31. The lowest BCUT2D eigenvalue weighted by Crippen LogP contribution is -2.43. The third-order valence-corrected chi connectivity index (χ3v) is 4.05. The lowest BCUT2D eigenvalue weighted by Gasteiger charge is -2.17. The molecule has 0 bridgehead atoms. The minimum absolute atomic E-state index is 0.176. The first-order valence-corrected chi connectivity index (χ1v) is 8.24. The van der Waals surface area contributed by atoms with Crippen LogP contribution in [0.25, 0.3) is 0 Å². The summed E-state index contributed by atoms with van der Waals surface area (Å²) in [6.07, 6.45) is 0.0779. The first kappa shape index (κ1) is 19.1. The predicted molar refractivity (Wildman–Crippen MR) is 91.9 cm³/mol. The largest absolute Gasteiger partial charge is 0.467 e. The van der Waals surface area contributed by atoms with Crippen molar-refractivity contribution in [1.29, 1.82) is 0 Å². The molecule has 1 amide bonds. The Labute approximate surface area is 152 Å². The van der Waals surface area contributed by atoms with E-state index in [-0.39, 0.29) is 12.8 Å². The van der Waals surface area contributed by atoms with E-state index in [9.17, 15) is 18.4 Å². The van der Waals surface area contributed by atoms with Crippen molar-refractivity contribution in [3.05, 3.63) is 69.7 Å². The van der Waals surface area contributed by atoms with Crippen molar-refractivity contribution in [3.8, 4) is 0 Å². The Morgan fingerprint density at radius 2 is 1.72 bits per heavy atom. The van der Waals surface area contributed by atoms with Crippen LogP contribution in [-0.2, 0) is 27.2 Å². The lowest BCUT2D eigenvalue weighted by molar-refractivity contribution is -0.145. The van der Waals surface area contributed by atoms with Crippen molar-refractivity contribution >= 4 is 27.8 Å². The highest BCUT2D eigenvalue weighted by molar-refractivity contribution is 9.10. The summed E-state index contributed by atoms with van der Waals surface area (Å²) in [5.74, 6) is -3.07. The topological polar surface area (TPSA) is 55.4 Å². The van der Waals surface area contributed by atoms with Crippen LogP contribution in [-0.4, -0.2) is 25.0 Å². The zero-order chi connectivity index (χ0) is 18.4. The summed E-state index contributed by atoms with van der Waals surface area (Å²) in [7, 11) is 1.23. The molecule has 1 N–H and O–H groups in total. The molecule has 0 radical (unpaired) electrons. The van der Waals surface area contributed by atoms with E-state index in [0.717, 1.165) is 22.2 Å². The molecule has 0 aliphatic rings. The molecule has 0 aliphatic carbocycles. The van der Waals surface area contributed by atoms with Gasteiger partial charge in [-0.05, 0) is 35.4 Å². The van der Waals surface area contributed by atoms with E-state index in [2.05, 4.69) is 21.2 Å². The summed E-state index contributed by atoms with van der Waals surface area (Å²) in [6, 6.07) is 9.65. The van der Waals surface area contributed by atoms with Crippen LogP contribution in [0.15, 0.2) is 46.9 Å². The first-order valence-electron chi connectivity index (χ1n) is 7.44. The Bertz CT molecular complexity index is 765. The van der Waals surface area contributed by atoms with Gasteiger partial charge in [0.1, 0.15) is 6.04 Å². The molecule has 0 heterocycles. The molecule has 25 heavy (non-hydrogen) atoms. The van der Waals surface area contributed by atoms with E-state index < -0.39 is 29.6 Å². The second-order valence-electron chi connectivity index (χ2n) is 5.40. The summed E-state index contributed by atoms with van der Waals surface area (Å²) in [4.78, 5) is 24.1. The van der Waals surface area contributed by atoms with Crippen LogP contribution in [0.2, 0.25) is 0 Å². The molecule has 0 saturated heterocycles. The molecule has 0 aliphatic heterocycles. The number of rotatable bonds is 6. The number of amides is 1. The van der Waals surface area contributed by atoms with Gasteiger partial charge in [-0.25, -0.2) is 13.6 Å². The maximum atomic E-state index is 13.2. The van der Waals surface area contributed by atoms with E-state index in [0.29, 0.717) is 5.56 Å². The van der Waals surface area contributed by atoms with Crippen molar-refractivity contribution in [2.45, 2.75) is 18.9 Å². The molecule has 2 rings (SSSR count). The summed E-state index contributed by atoms with van der Waals surface area (Å²) < 4.78 is 31.8. The highest BCUT2D eigenvalue weighted by Crippen LogP contribution is 2.13. The molecule has 132 valence electrons. The Morgan fingerprint density at radius 3 is 2.32 bits per heavy atom. The van der Waals surface area contributed by atoms with Gasteiger partial charge in [-0.15, -0.1) is 0 Å². The van der Waals surface area contributed by atoms with Gasteiger partial charge in [0.15, 0.2) is 11.6 Å². The average molecular weight is 412 g/mol. The molecule has 0 spiro atoms. The summed E-state index contributed by atoms with van der Waals surface area (Å²) in [5, 5.41) is 2.57. The van der Waals surface area contributed by atoms with Crippen LogP contribution < -0.4 is 5.32 Å². The van der Waals surface area contributed by atoms with Crippen LogP contribution in [0.5, 0.6) is 0 Å². The van der Waals surface area contributed by atoms with Crippen LogP contribution in [0, 0.1) is 11.6 Å². The number of halogens is 3. The summed E-state index contributed by atoms with van der Waals surface area (Å²) >= 11 is 3.32. The van der Waals surface area contributed by atoms with Gasteiger partial charge >= 0.3 is 5.97 Å². The molecule has 0 unspecified atom stereocenters. The molecular formula is C18H16BrF2NO3. The number of benzene rings is 2. The standard InChI is InChI=1S/C18H16BrF2NO3/c1-25-18(24)16(9-11-2-5-13(19)6-3-11)22-17(23)10-12-4-7-14(20)15(21)8-12/h2-8,16H,9-10H2,1H3,(H,22,23)/t16-/m1/s1. The molecule has 2 aromatic carbocycles. The van der Waals surface area contributed by atoms with Gasteiger partial charge in [-0.3, -0.25) is 4.79 Å². The first-order chi connectivity index (χ1) is 11.9. The SMILES string of the molecule is COC(=O)[C@@H](Cc1ccc(Br)cc1)NC(=O)Cc1ccc(F)c(F)c1. The summed E-state index contributed by atoms with van der Waals surface area (Å²) in [5.41, 5.74) is 1.15. The van der Waals surface area contributed by atoms with E-state index in [1.807, 2.05) is 24.3 Å². The predicted octanol–water partition coefficient (Wildman–Crippen LogP) is 3.17. The smallest absolute Gasteiger partial charge is 0.328 e. The average Bonchev–Trinajstić information content (AvgIpc) is 2.58. The van der Waals surface area contributed by atoms with Gasteiger partial charge in [-0.2, -0.15) is 0 Å². The number of hydrogen-bond acceptors (Lipinski definition) is 3. The number of carbonyl (C=O) groups is 2. The van der Waals surface area contributed by atoms with Gasteiger partial charge in [-0.1, -0.05) is 34.1 Å². The number of hydrogen-bond donors (Lipinski definition) is 1. The van der Waals surface area contributed by atoms with E-state index in [1.165, 1.54) is 13.2 Å². The number of ether oxygens (including phenoxy) is 1. The molecular weight excluding hydrogens is 396 g/mol. The Balaban J connectivity index is 2.05. The maximum absolute atomic E-state index is 13.2. The van der Waals surface area contributed by atoms with Gasteiger partial charge in [0.2, 0.25) is 5.91 Å². The monoisotopic (exact) mass is 411 g/mol. The van der Waals surface area contributed by atoms with Crippen LogP contribution in [0.4, 0.5) is 8.78 Å². The van der Waals surface area contributed by atoms with Crippen LogP contribution >= 0.6 is 15.9 Å². The minimum Gasteiger partial charge on any atom is -0.467 e. The molecule has 0 aromatic heterocycles. The fourth-order valence-electron chi connectivity index (χ4n) is 2.27. The van der Waals surface area contributed by atoms with Gasteiger partial charge in [0.25, 0.3) is 0 Å². The van der Waals surface area contributed by atoms with Crippen molar-refractivity contribution < 1.29 is 23.1 Å². The van der Waals surface area contributed by atoms with E-state index in [4.69, 9.17) is 4.74 Å². The molecule has 0 saturated carbocycles. The Morgan fingerprint density at radius 1 is 1.08 bits per heavy atom. The second kappa shape index (κ2) is 8.71. The zero-order valence-corrected chi connectivity index (χ0v) is 15.0.